The van der Waals surface area contributed by atoms with E-state index in [4.69, 9.17) is 0 Å². The van der Waals surface area contributed by atoms with Crippen molar-refractivity contribution in [1.82, 2.24) is 25.0 Å². The Bertz CT molecular complexity index is 840. The Morgan fingerprint density at radius 3 is 2.48 bits per heavy atom. The third-order valence-electron chi connectivity index (χ3n) is 5.47. The third kappa shape index (κ3) is 3.27. The number of hydrogen-bond acceptors (Lipinski definition) is 5. The van der Waals surface area contributed by atoms with Crippen molar-refractivity contribution < 1.29 is 9.59 Å². The van der Waals surface area contributed by atoms with Crippen molar-refractivity contribution in [1.29, 1.82) is 0 Å². The molecule has 2 amide bonds. The lowest BCUT2D eigenvalue weighted by molar-refractivity contribution is 0.0648. The summed E-state index contributed by atoms with van der Waals surface area (Å²) in [5.41, 5.74) is 1.01. The van der Waals surface area contributed by atoms with Crippen LogP contribution >= 0.6 is 0 Å². The molecule has 0 spiro atoms. The van der Waals surface area contributed by atoms with Crippen molar-refractivity contribution in [3.8, 4) is 0 Å². The Hall–Kier alpha value is -2.54. The average Bonchev–Trinajstić information content (AvgIpc) is 3.21. The third-order valence-corrected chi connectivity index (χ3v) is 5.47. The molecule has 0 aliphatic carbocycles. The number of carbonyl (C=O) groups is 2. The second-order valence-corrected chi connectivity index (χ2v) is 7.47. The summed E-state index contributed by atoms with van der Waals surface area (Å²) in [5.74, 6) is 1.66. The van der Waals surface area contributed by atoms with Crippen LogP contribution in [0.2, 0.25) is 0 Å². The lowest BCUT2D eigenvalue weighted by atomic mass is 10.1. The van der Waals surface area contributed by atoms with Gasteiger partial charge in [0.15, 0.2) is 0 Å². The molecule has 2 atom stereocenters. The fourth-order valence-corrected chi connectivity index (χ4v) is 4.00. The molecule has 7 heteroatoms. The van der Waals surface area contributed by atoms with E-state index in [9.17, 15) is 9.59 Å². The van der Waals surface area contributed by atoms with Gasteiger partial charge < -0.3 is 9.88 Å². The van der Waals surface area contributed by atoms with Crippen LogP contribution in [0.4, 0.5) is 0 Å². The molecule has 1 N–H and O–H groups in total. The number of rotatable bonds is 6. The Labute approximate surface area is 158 Å². The van der Waals surface area contributed by atoms with Gasteiger partial charge in [0, 0.05) is 25.6 Å². The Morgan fingerprint density at radius 2 is 1.78 bits per heavy atom. The Balaban J connectivity index is 1.35. The van der Waals surface area contributed by atoms with Gasteiger partial charge in [-0.2, -0.15) is 0 Å². The minimum Gasteiger partial charge on any atom is -0.314 e. The van der Waals surface area contributed by atoms with E-state index in [1.165, 1.54) is 17.7 Å². The first kappa shape index (κ1) is 17.9. The van der Waals surface area contributed by atoms with Gasteiger partial charge in [-0.25, -0.2) is 0 Å². The van der Waals surface area contributed by atoms with Crippen molar-refractivity contribution >= 4 is 11.8 Å². The molecule has 1 aromatic carbocycles. The topological polar surface area (TPSA) is 80.1 Å². The van der Waals surface area contributed by atoms with E-state index in [0.717, 1.165) is 24.6 Å². The highest BCUT2D eigenvalue weighted by Crippen LogP contribution is 2.23. The van der Waals surface area contributed by atoms with Crippen molar-refractivity contribution in [2.24, 2.45) is 0 Å². The van der Waals surface area contributed by atoms with Gasteiger partial charge in [-0.15, -0.1) is 10.2 Å². The van der Waals surface area contributed by atoms with Crippen LogP contribution in [0.1, 0.15) is 71.5 Å². The van der Waals surface area contributed by atoms with Crippen LogP contribution in [0.25, 0.3) is 0 Å². The molecule has 4 rings (SSSR count). The number of aromatic nitrogens is 3. The number of nitrogens with one attached hydrogen (secondary N) is 1. The molecule has 0 bridgehead atoms. The molecule has 0 unspecified atom stereocenters. The monoisotopic (exact) mass is 367 g/mol. The predicted molar refractivity (Wildman–Crippen MR) is 100 cm³/mol. The first-order valence-corrected chi connectivity index (χ1v) is 9.69. The summed E-state index contributed by atoms with van der Waals surface area (Å²) in [4.78, 5) is 26.3. The number of imide groups is 1. The van der Waals surface area contributed by atoms with Gasteiger partial charge in [-0.05, 0) is 45.2 Å². The molecule has 2 aromatic rings. The molecule has 0 saturated heterocycles. The first-order valence-electron chi connectivity index (χ1n) is 9.69. The summed E-state index contributed by atoms with van der Waals surface area (Å²) in [6.07, 6.45) is 4.03. The normalized spacial score (nSPS) is 18.4. The zero-order chi connectivity index (χ0) is 19.0. The number of benzene rings is 1. The highest BCUT2D eigenvalue weighted by Gasteiger charge is 2.34. The minimum absolute atomic E-state index is 0.0709. The molecule has 1 aromatic heterocycles. The van der Waals surface area contributed by atoms with E-state index in [-0.39, 0.29) is 23.9 Å². The van der Waals surface area contributed by atoms with Crippen LogP contribution in [-0.4, -0.2) is 44.1 Å². The van der Waals surface area contributed by atoms with E-state index in [2.05, 4.69) is 33.9 Å². The summed E-state index contributed by atoms with van der Waals surface area (Å²) in [5, 5.41) is 12.2. The fourth-order valence-electron chi connectivity index (χ4n) is 4.00. The van der Waals surface area contributed by atoms with Crippen LogP contribution in [0, 0.1) is 0 Å². The summed E-state index contributed by atoms with van der Waals surface area (Å²) >= 11 is 0. The largest absolute Gasteiger partial charge is 0.314 e. The minimum atomic E-state index is -0.192. The van der Waals surface area contributed by atoms with Crippen molar-refractivity contribution in [2.75, 3.05) is 6.54 Å². The van der Waals surface area contributed by atoms with Crippen molar-refractivity contribution in [2.45, 2.75) is 58.2 Å². The second kappa shape index (κ2) is 7.23. The standard InChI is InChI=1S/C20H25N5O2/c1-13(21-14(2)18-23-22-17-9-5-6-11-24(17)18)10-12-25-19(26)15-7-3-4-8-16(15)20(25)27/h3-4,7-8,13-14,21H,5-6,9-12H2,1-2H3/t13-,14+/m1/s1. The van der Waals surface area contributed by atoms with Crippen LogP contribution in [-0.2, 0) is 13.0 Å². The summed E-state index contributed by atoms with van der Waals surface area (Å²) in [7, 11) is 0. The van der Waals surface area contributed by atoms with Crippen LogP contribution in [0.15, 0.2) is 24.3 Å². The Kier molecular flexibility index (Phi) is 4.78. The van der Waals surface area contributed by atoms with Crippen molar-refractivity contribution in [3.05, 3.63) is 47.0 Å². The highest BCUT2D eigenvalue weighted by molar-refractivity contribution is 6.21. The average molecular weight is 367 g/mol. The van der Waals surface area contributed by atoms with Gasteiger partial charge in [-0.3, -0.25) is 14.5 Å². The maximum Gasteiger partial charge on any atom is 0.261 e. The number of amides is 2. The smallest absolute Gasteiger partial charge is 0.261 e. The zero-order valence-corrected chi connectivity index (χ0v) is 15.8. The van der Waals surface area contributed by atoms with Crippen LogP contribution < -0.4 is 5.32 Å². The number of nitrogens with zero attached hydrogens (tertiary/aromatic N) is 4. The fraction of sp³-hybridized carbons (Fsp3) is 0.500. The molecule has 142 valence electrons. The maximum absolute atomic E-state index is 12.5. The second-order valence-electron chi connectivity index (χ2n) is 7.47. The number of aryl methyl sites for hydroxylation is 1. The number of hydrogen-bond donors (Lipinski definition) is 1. The molecule has 0 radical (unpaired) electrons. The maximum atomic E-state index is 12.5. The number of fused-ring (bicyclic) bond motifs is 2. The summed E-state index contributed by atoms with van der Waals surface area (Å²) in [6, 6.07) is 7.22. The van der Waals surface area contributed by atoms with E-state index in [0.29, 0.717) is 24.1 Å². The van der Waals surface area contributed by atoms with E-state index in [1.54, 1.807) is 24.3 Å². The van der Waals surface area contributed by atoms with Gasteiger partial charge in [0.1, 0.15) is 11.6 Å². The summed E-state index contributed by atoms with van der Waals surface area (Å²) < 4.78 is 2.22. The molecule has 0 saturated carbocycles. The van der Waals surface area contributed by atoms with Gasteiger partial charge in [0.2, 0.25) is 0 Å². The molecule has 7 nitrogen and oxygen atoms in total. The van der Waals surface area contributed by atoms with Crippen molar-refractivity contribution in [3.63, 3.8) is 0 Å². The predicted octanol–water partition coefficient (Wildman–Crippen LogP) is 2.34. The van der Waals surface area contributed by atoms with Gasteiger partial charge in [-0.1, -0.05) is 12.1 Å². The lowest BCUT2D eigenvalue weighted by Crippen LogP contribution is -2.37. The molecule has 0 fully saturated rings. The molecule has 2 aliphatic rings. The molecule has 27 heavy (non-hydrogen) atoms. The van der Waals surface area contributed by atoms with E-state index < -0.39 is 0 Å². The molecule has 3 heterocycles. The molecule has 2 aliphatic heterocycles. The first-order chi connectivity index (χ1) is 13.1. The molecular formula is C20H25N5O2. The quantitative estimate of drug-likeness (QED) is 0.793. The van der Waals surface area contributed by atoms with Gasteiger partial charge >= 0.3 is 0 Å². The van der Waals surface area contributed by atoms with E-state index in [1.807, 2.05) is 0 Å². The van der Waals surface area contributed by atoms with Gasteiger partial charge in [0.25, 0.3) is 11.8 Å². The SMILES string of the molecule is C[C@H](CCN1C(=O)c2ccccc2C1=O)N[C@@H](C)c1nnc2n1CCCC2. The zero-order valence-electron chi connectivity index (χ0n) is 15.8. The number of carbonyl (C=O) groups excluding carboxylic acids is 2. The van der Waals surface area contributed by atoms with Crippen LogP contribution in [0.3, 0.4) is 0 Å². The Morgan fingerprint density at radius 1 is 1.07 bits per heavy atom. The van der Waals surface area contributed by atoms with Crippen LogP contribution in [0.5, 0.6) is 0 Å². The highest BCUT2D eigenvalue weighted by atomic mass is 16.2. The van der Waals surface area contributed by atoms with E-state index >= 15 is 0 Å². The summed E-state index contributed by atoms with van der Waals surface area (Å²) in [6.45, 7) is 5.55. The van der Waals surface area contributed by atoms with Gasteiger partial charge in [0.05, 0.1) is 17.2 Å². The molecular weight excluding hydrogens is 342 g/mol. The lowest BCUT2D eigenvalue weighted by Gasteiger charge is -2.23.